The zero-order valence-electron chi connectivity index (χ0n) is 17.1. The molecule has 2 aliphatic rings. The third-order valence-electron chi connectivity index (χ3n) is 5.45. The second-order valence-corrected chi connectivity index (χ2v) is 10.0. The number of H-pyrrole nitrogens is 1. The first-order valence-corrected chi connectivity index (χ1v) is 11.8. The SMILES string of the molecule is CC(C)NC(=O)O[C@@H]1CC[C@H](c2cc(Nc3cccc4c3CNS(=O)(=O)C4)n[nH]2)C1. The minimum Gasteiger partial charge on any atom is -0.446 e. The molecule has 10 heteroatoms. The molecule has 0 saturated heterocycles. The lowest BCUT2D eigenvalue weighted by Gasteiger charge is -2.20. The van der Waals surface area contributed by atoms with Crippen molar-refractivity contribution in [3.05, 3.63) is 41.1 Å². The number of sulfonamides is 1. The van der Waals surface area contributed by atoms with Crippen molar-refractivity contribution in [2.45, 2.75) is 63.5 Å². The van der Waals surface area contributed by atoms with Gasteiger partial charge < -0.3 is 15.4 Å². The summed E-state index contributed by atoms with van der Waals surface area (Å²) in [6.07, 6.45) is 2.04. The Bertz CT molecular complexity index is 1030. The number of carbonyl (C=O) groups is 1. The molecule has 1 aliphatic heterocycles. The number of nitrogens with one attached hydrogen (secondary N) is 4. The van der Waals surface area contributed by atoms with Crippen LogP contribution in [0.3, 0.4) is 0 Å². The second-order valence-electron chi connectivity index (χ2n) is 8.19. The van der Waals surface area contributed by atoms with Gasteiger partial charge in [0.15, 0.2) is 5.82 Å². The van der Waals surface area contributed by atoms with E-state index in [0.717, 1.165) is 41.8 Å². The van der Waals surface area contributed by atoms with Crippen LogP contribution in [0.4, 0.5) is 16.3 Å². The van der Waals surface area contributed by atoms with E-state index in [-0.39, 0.29) is 36.5 Å². The quantitative estimate of drug-likeness (QED) is 0.575. The van der Waals surface area contributed by atoms with Crippen LogP contribution in [0.2, 0.25) is 0 Å². The van der Waals surface area contributed by atoms with E-state index in [9.17, 15) is 13.2 Å². The third kappa shape index (κ3) is 4.76. The zero-order chi connectivity index (χ0) is 21.3. The monoisotopic (exact) mass is 433 g/mol. The van der Waals surface area contributed by atoms with Gasteiger partial charge in [-0.05, 0) is 50.3 Å². The smallest absolute Gasteiger partial charge is 0.407 e. The molecule has 4 rings (SSSR count). The van der Waals surface area contributed by atoms with Crippen molar-refractivity contribution in [2.75, 3.05) is 5.32 Å². The van der Waals surface area contributed by atoms with Crippen molar-refractivity contribution < 1.29 is 17.9 Å². The van der Waals surface area contributed by atoms with Crippen LogP contribution in [0.1, 0.15) is 55.8 Å². The summed E-state index contributed by atoms with van der Waals surface area (Å²) in [4.78, 5) is 11.8. The summed E-state index contributed by atoms with van der Waals surface area (Å²) >= 11 is 0. The van der Waals surface area contributed by atoms with E-state index in [1.165, 1.54) is 0 Å². The number of anilines is 2. The van der Waals surface area contributed by atoms with Crippen LogP contribution in [0.5, 0.6) is 0 Å². The number of rotatable bonds is 5. The number of aromatic nitrogens is 2. The Morgan fingerprint density at radius 1 is 1.30 bits per heavy atom. The second kappa shape index (κ2) is 8.27. The topological polar surface area (TPSA) is 125 Å². The van der Waals surface area contributed by atoms with Crippen molar-refractivity contribution in [1.82, 2.24) is 20.2 Å². The van der Waals surface area contributed by atoms with Gasteiger partial charge in [-0.2, -0.15) is 5.10 Å². The summed E-state index contributed by atoms with van der Waals surface area (Å²) in [5, 5.41) is 13.5. The summed E-state index contributed by atoms with van der Waals surface area (Å²) in [6.45, 7) is 4.06. The summed E-state index contributed by atoms with van der Waals surface area (Å²) in [5.74, 6) is 0.910. The molecular formula is C20H27N5O4S. The molecule has 1 saturated carbocycles. The van der Waals surface area contributed by atoms with E-state index in [4.69, 9.17) is 4.74 Å². The van der Waals surface area contributed by atoms with Crippen molar-refractivity contribution >= 4 is 27.6 Å². The van der Waals surface area contributed by atoms with Gasteiger partial charge in [-0.25, -0.2) is 17.9 Å². The van der Waals surface area contributed by atoms with Gasteiger partial charge in [0.1, 0.15) is 6.10 Å². The molecule has 162 valence electrons. The molecule has 2 atom stereocenters. The Balaban J connectivity index is 1.40. The fourth-order valence-corrected chi connectivity index (χ4v) is 5.18. The summed E-state index contributed by atoms with van der Waals surface area (Å²) in [7, 11) is -3.25. The molecule has 0 bridgehead atoms. The van der Waals surface area contributed by atoms with E-state index in [1.54, 1.807) is 0 Å². The van der Waals surface area contributed by atoms with Crippen LogP contribution >= 0.6 is 0 Å². The van der Waals surface area contributed by atoms with Gasteiger partial charge in [-0.3, -0.25) is 5.10 Å². The lowest BCUT2D eigenvalue weighted by atomic mass is 10.0. The highest BCUT2D eigenvalue weighted by molar-refractivity contribution is 7.88. The predicted molar refractivity (Wildman–Crippen MR) is 113 cm³/mol. The van der Waals surface area contributed by atoms with Gasteiger partial charge in [0, 0.05) is 36.0 Å². The Hall–Kier alpha value is -2.59. The summed E-state index contributed by atoms with van der Waals surface area (Å²) < 4.78 is 31.7. The van der Waals surface area contributed by atoms with Gasteiger partial charge >= 0.3 is 6.09 Å². The Morgan fingerprint density at radius 2 is 2.13 bits per heavy atom. The average Bonchev–Trinajstić information content (AvgIpc) is 3.29. The first-order valence-electron chi connectivity index (χ1n) is 10.2. The fourth-order valence-electron chi connectivity index (χ4n) is 4.03. The molecule has 1 aromatic heterocycles. The van der Waals surface area contributed by atoms with Crippen LogP contribution in [-0.2, 0) is 27.1 Å². The number of amides is 1. The summed E-state index contributed by atoms with van der Waals surface area (Å²) in [6, 6.07) is 7.61. The van der Waals surface area contributed by atoms with Crippen molar-refractivity contribution in [3.8, 4) is 0 Å². The van der Waals surface area contributed by atoms with Gasteiger partial charge in [-0.1, -0.05) is 12.1 Å². The highest BCUT2D eigenvalue weighted by Crippen LogP contribution is 2.36. The van der Waals surface area contributed by atoms with Crippen LogP contribution < -0.4 is 15.4 Å². The molecular weight excluding hydrogens is 406 g/mol. The molecule has 1 aromatic carbocycles. The van der Waals surface area contributed by atoms with E-state index in [1.807, 2.05) is 38.1 Å². The number of carbonyl (C=O) groups excluding carboxylic acids is 1. The van der Waals surface area contributed by atoms with Crippen LogP contribution in [-0.4, -0.2) is 36.9 Å². The number of fused-ring (bicyclic) bond motifs is 1. The average molecular weight is 434 g/mol. The molecule has 0 spiro atoms. The molecule has 1 fully saturated rings. The molecule has 30 heavy (non-hydrogen) atoms. The number of nitrogens with zero attached hydrogens (tertiary/aromatic N) is 1. The number of aromatic amines is 1. The van der Waals surface area contributed by atoms with Crippen LogP contribution in [0, 0.1) is 0 Å². The highest BCUT2D eigenvalue weighted by atomic mass is 32.2. The molecule has 1 aliphatic carbocycles. The maximum Gasteiger partial charge on any atom is 0.407 e. The Labute approximate surface area is 176 Å². The molecule has 9 nitrogen and oxygen atoms in total. The molecule has 2 heterocycles. The maximum atomic E-state index is 11.8. The first kappa shape index (κ1) is 20.7. The largest absolute Gasteiger partial charge is 0.446 e. The lowest BCUT2D eigenvalue weighted by Crippen LogP contribution is -2.33. The number of ether oxygens (including phenoxy) is 1. The minimum absolute atomic E-state index is 0.0164. The van der Waals surface area contributed by atoms with E-state index >= 15 is 0 Å². The van der Waals surface area contributed by atoms with E-state index in [0.29, 0.717) is 5.82 Å². The lowest BCUT2D eigenvalue weighted by molar-refractivity contribution is 0.0981. The van der Waals surface area contributed by atoms with Crippen molar-refractivity contribution in [2.24, 2.45) is 0 Å². The van der Waals surface area contributed by atoms with Crippen molar-refractivity contribution in [3.63, 3.8) is 0 Å². The normalized spacial score (nSPS) is 22.5. The first-order chi connectivity index (χ1) is 14.3. The summed E-state index contributed by atoms with van der Waals surface area (Å²) in [5.41, 5.74) is 3.57. The number of hydrogen-bond acceptors (Lipinski definition) is 6. The van der Waals surface area contributed by atoms with Crippen LogP contribution in [0.15, 0.2) is 24.3 Å². The Kier molecular flexibility index (Phi) is 5.70. The number of hydrogen-bond donors (Lipinski definition) is 4. The predicted octanol–water partition coefficient (Wildman–Crippen LogP) is 2.86. The zero-order valence-corrected chi connectivity index (χ0v) is 17.9. The van der Waals surface area contributed by atoms with Gasteiger partial charge in [0.2, 0.25) is 10.0 Å². The third-order valence-corrected chi connectivity index (χ3v) is 6.73. The maximum absolute atomic E-state index is 11.8. The van der Waals surface area contributed by atoms with Gasteiger partial charge in [-0.15, -0.1) is 0 Å². The molecule has 1 amide bonds. The fraction of sp³-hybridized carbons (Fsp3) is 0.500. The molecule has 0 unspecified atom stereocenters. The van der Waals surface area contributed by atoms with Gasteiger partial charge in [0.25, 0.3) is 0 Å². The molecule has 2 aromatic rings. The number of alkyl carbamates (subject to hydrolysis) is 1. The standard InChI is InChI=1S/C20H27N5O4S/c1-12(2)22-20(26)29-15-7-6-13(8-15)18-9-19(25-24-18)23-17-5-3-4-14-11-30(27,28)21-10-16(14)17/h3-5,9,12-13,15,21H,6-8,10-11H2,1-2H3,(H,22,26)(H2,23,24,25)/t13-,15+/m0/s1. The number of benzene rings is 1. The minimum atomic E-state index is -3.25. The highest BCUT2D eigenvalue weighted by Gasteiger charge is 2.30. The molecule has 4 N–H and O–H groups in total. The Morgan fingerprint density at radius 3 is 2.93 bits per heavy atom. The van der Waals surface area contributed by atoms with E-state index < -0.39 is 10.0 Å². The van der Waals surface area contributed by atoms with Crippen LogP contribution in [0.25, 0.3) is 0 Å². The van der Waals surface area contributed by atoms with Gasteiger partial charge in [0.05, 0.1) is 5.75 Å². The van der Waals surface area contributed by atoms with E-state index in [2.05, 4.69) is 25.6 Å². The molecule has 0 radical (unpaired) electrons. The van der Waals surface area contributed by atoms with Crippen molar-refractivity contribution in [1.29, 1.82) is 0 Å².